The number of fused-ring (bicyclic) bond motifs is 1. The van der Waals surface area contributed by atoms with Gasteiger partial charge in [-0.05, 0) is 25.1 Å². The lowest BCUT2D eigenvalue weighted by Crippen LogP contribution is -1.92. The molecular formula is C10H8O3. The minimum Gasteiger partial charge on any atom is -0.507 e. The number of furan rings is 1. The van der Waals surface area contributed by atoms with Gasteiger partial charge in [0.15, 0.2) is 5.78 Å². The Hall–Kier alpha value is -1.77. The normalized spacial score (nSPS) is 10.5. The van der Waals surface area contributed by atoms with Gasteiger partial charge < -0.3 is 9.52 Å². The van der Waals surface area contributed by atoms with E-state index in [0.717, 1.165) is 0 Å². The molecule has 0 unspecified atom stereocenters. The van der Waals surface area contributed by atoms with Gasteiger partial charge in [-0.3, -0.25) is 4.79 Å². The Morgan fingerprint density at radius 2 is 2.15 bits per heavy atom. The number of phenols is 1. The standard InChI is InChI=1S/C10H8O3/c1-6(11)10-7-4-5-13-9(7)3-2-8(10)12/h2-5,12H,1H3. The van der Waals surface area contributed by atoms with E-state index in [1.807, 2.05) is 0 Å². The molecule has 13 heavy (non-hydrogen) atoms. The molecule has 0 fully saturated rings. The first-order chi connectivity index (χ1) is 6.20. The van der Waals surface area contributed by atoms with E-state index in [2.05, 4.69) is 0 Å². The van der Waals surface area contributed by atoms with E-state index < -0.39 is 0 Å². The summed E-state index contributed by atoms with van der Waals surface area (Å²) < 4.78 is 5.10. The van der Waals surface area contributed by atoms with E-state index in [0.29, 0.717) is 16.5 Å². The second kappa shape index (κ2) is 2.62. The molecule has 0 bridgehead atoms. The highest BCUT2D eigenvalue weighted by Gasteiger charge is 2.12. The number of benzene rings is 1. The van der Waals surface area contributed by atoms with Crippen LogP contribution < -0.4 is 0 Å². The molecule has 2 rings (SSSR count). The zero-order chi connectivity index (χ0) is 9.42. The fraction of sp³-hybridized carbons (Fsp3) is 0.100. The van der Waals surface area contributed by atoms with Crippen LogP contribution >= 0.6 is 0 Å². The van der Waals surface area contributed by atoms with Crippen LogP contribution in [0.3, 0.4) is 0 Å². The summed E-state index contributed by atoms with van der Waals surface area (Å²) in [4.78, 5) is 11.2. The van der Waals surface area contributed by atoms with Crippen LogP contribution in [0, 0.1) is 0 Å². The zero-order valence-corrected chi connectivity index (χ0v) is 7.07. The van der Waals surface area contributed by atoms with Gasteiger partial charge in [-0.25, -0.2) is 0 Å². The average molecular weight is 176 g/mol. The van der Waals surface area contributed by atoms with Crippen LogP contribution in [0.4, 0.5) is 0 Å². The molecule has 3 heteroatoms. The first-order valence-corrected chi connectivity index (χ1v) is 3.90. The van der Waals surface area contributed by atoms with Crippen LogP contribution in [0.25, 0.3) is 11.0 Å². The van der Waals surface area contributed by atoms with Crippen molar-refractivity contribution in [3.05, 3.63) is 30.0 Å². The number of rotatable bonds is 1. The highest BCUT2D eigenvalue weighted by atomic mass is 16.3. The molecule has 0 amide bonds. The maximum atomic E-state index is 11.2. The lowest BCUT2D eigenvalue weighted by molar-refractivity contribution is 0.101. The van der Waals surface area contributed by atoms with Crippen LogP contribution in [-0.4, -0.2) is 10.9 Å². The number of aromatic hydroxyl groups is 1. The molecule has 0 spiro atoms. The average Bonchev–Trinajstić information content (AvgIpc) is 2.50. The van der Waals surface area contributed by atoms with Gasteiger partial charge in [0.25, 0.3) is 0 Å². The van der Waals surface area contributed by atoms with Crippen LogP contribution in [-0.2, 0) is 0 Å². The Bertz CT molecular complexity index is 468. The molecule has 66 valence electrons. The largest absolute Gasteiger partial charge is 0.507 e. The van der Waals surface area contributed by atoms with Crippen LogP contribution in [0.2, 0.25) is 0 Å². The molecule has 1 N–H and O–H groups in total. The third-order valence-corrected chi connectivity index (χ3v) is 1.97. The fourth-order valence-corrected chi connectivity index (χ4v) is 1.40. The molecule has 1 aromatic carbocycles. The van der Waals surface area contributed by atoms with E-state index in [-0.39, 0.29) is 11.5 Å². The molecule has 3 nitrogen and oxygen atoms in total. The summed E-state index contributed by atoms with van der Waals surface area (Å²) >= 11 is 0. The predicted octanol–water partition coefficient (Wildman–Crippen LogP) is 2.34. The Morgan fingerprint density at radius 3 is 2.85 bits per heavy atom. The van der Waals surface area contributed by atoms with Gasteiger partial charge in [0.2, 0.25) is 0 Å². The monoisotopic (exact) mass is 176 g/mol. The minimum atomic E-state index is -0.162. The highest BCUT2D eigenvalue weighted by Crippen LogP contribution is 2.27. The topological polar surface area (TPSA) is 50.4 Å². The van der Waals surface area contributed by atoms with Gasteiger partial charge in [-0.1, -0.05) is 0 Å². The highest BCUT2D eigenvalue weighted by molar-refractivity contribution is 6.08. The Labute approximate surface area is 74.6 Å². The smallest absolute Gasteiger partial charge is 0.164 e. The third-order valence-electron chi connectivity index (χ3n) is 1.97. The van der Waals surface area contributed by atoms with Gasteiger partial charge in [-0.2, -0.15) is 0 Å². The van der Waals surface area contributed by atoms with Crippen molar-refractivity contribution in [2.24, 2.45) is 0 Å². The van der Waals surface area contributed by atoms with Crippen molar-refractivity contribution < 1.29 is 14.3 Å². The summed E-state index contributed by atoms with van der Waals surface area (Å²) in [6.07, 6.45) is 1.50. The zero-order valence-electron chi connectivity index (χ0n) is 7.07. The van der Waals surface area contributed by atoms with E-state index in [1.54, 1.807) is 12.1 Å². The Balaban J connectivity index is 2.88. The number of hydrogen-bond acceptors (Lipinski definition) is 3. The van der Waals surface area contributed by atoms with E-state index >= 15 is 0 Å². The quantitative estimate of drug-likeness (QED) is 0.678. The molecule has 0 saturated heterocycles. The maximum absolute atomic E-state index is 11.2. The van der Waals surface area contributed by atoms with Crippen molar-refractivity contribution in [1.82, 2.24) is 0 Å². The van der Waals surface area contributed by atoms with E-state index in [9.17, 15) is 9.90 Å². The fourth-order valence-electron chi connectivity index (χ4n) is 1.40. The van der Waals surface area contributed by atoms with E-state index in [1.165, 1.54) is 19.3 Å². The van der Waals surface area contributed by atoms with Crippen molar-refractivity contribution >= 4 is 16.8 Å². The first kappa shape index (κ1) is 7.86. The third kappa shape index (κ3) is 1.09. The summed E-state index contributed by atoms with van der Waals surface area (Å²) in [7, 11) is 0. The number of carbonyl (C=O) groups excluding carboxylic acids is 1. The molecule has 1 heterocycles. The van der Waals surface area contributed by atoms with Crippen LogP contribution in [0.15, 0.2) is 28.9 Å². The summed E-state index contributed by atoms with van der Waals surface area (Å²) in [5, 5.41) is 10.1. The summed E-state index contributed by atoms with van der Waals surface area (Å²) in [5.41, 5.74) is 0.939. The second-order valence-electron chi connectivity index (χ2n) is 2.85. The van der Waals surface area contributed by atoms with Crippen LogP contribution in [0.1, 0.15) is 17.3 Å². The molecule has 0 saturated carbocycles. The van der Waals surface area contributed by atoms with Gasteiger partial charge in [0.05, 0.1) is 11.8 Å². The SMILES string of the molecule is CC(=O)c1c(O)ccc2occc12. The number of hydrogen-bond donors (Lipinski definition) is 1. The number of phenolic OH excluding ortho intramolecular Hbond substituents is 1. The summed E-state index contributed by atoms with van der Waals surface area (Å²) in [6.45, 7) is 1.42. The van der Waals surface area contributed by atoms with Crippen molar-refractivity contribution in [2.45, 2.75) is 6.92 Å². The number of ketones is 1. The van der Waals surface area contributed by atoms with Gasteiger partial charge >= 0.3 is 0 Å². The van der Waals surface area contributed by atoms with E-state index in [4.69, 9.17) is 4.42 Å². The van der Waals surface area contributed by atoms with Crippen LogP contribution in [0.5, 0.6) is 5.75 Å². The number of carbonyl (C=O) groups is 1. The molecule has 0 aliphatic heterocycles. The maximum Gasteiger partial charge on any atom is 0.164 e. The molecule has 0 aliphatic rings. The lowest BCUT2D eigenvalue weighted by Gasteiger charge is -2.00. The second-order valence-corrected chi connectivity index (χ2v) is 2.85. The van der Waals surface area contributed by atoms with Crippen molar-refractivity contribution in [3.8, 4) is 5.75 Å². The van der Waals surface area contributed by atoms with Crippen molar-refractivity contribution in [3.63, 3.8) is 0 Å². The summed E-state index contributed by atoms with van der Waals surface area (Å²) in [5.74, 6) is -0.161. The minimum absolute atomic E-state index is 0.00130. The Morgan fingerprint density at radius 1 is 1.38 bits per heavy atom. The van der Waals surface area contributed by atoms with Gasteiger partial charge in [-0.15, -0.1) is 0 Å². The van der Waals surface area contributed by atoms with Crippen molar-refractivity contribution in [2.75, 3.05) is 0 Å². The Kier molecular flexibility index (Phi) is 1.59. The molecule has 0 radical (unpaired) electrons. The molecular weight excluding hydrogens is 168 g/mol. The lowest BCUT2D eigenvalue weighted by atomic mass is 10.1. The molecule has 1 aromatic heterocycles. The summed E-state index contributed by atoms with van der Waals surface area (Å²) in [6, 6.07) is 4.77. The molecule has 2 aromatic rings. The van der Waals surface area contributed by atoms with Crippen molar-refractivity contribution in [1.29, 1.82) is 0 Å². The first-order valence-electron chi connectivity index (χ1n) is 3.90. The predicted molar refractivity (Wildman–Crippen MR) is 47.9 cm³/mol. The number of Topliss-reactive ketones (excluding diaryl/α,β-unsaturated/α-hetero) is 1. The molecule has 0 atom stereocenters. The van der Waals surface area contributed by atoms with Gasteiger partial charge in [0, 0.05) is 5.39 Å². The van der Waals surface area contributed by atoms with Gasteiger partial charge in [0.1, 0.15) is 11.3 Å². The molecule has 0 aliphatic carbocycles.